The van der Waals surface area contributed by atoms with E-state index in [0.29, 0.717) is 0 Å². The topological polar surface area (TPSA) is 38.4 Å². The molecule has 3 rings (SSSR count). The third-order valence-electron chi connectivity index (χ3n) is 3.19. The van der Waals surface area contributed by atoms with E-state index in [9.17, 15) is 0 Å². The number of hydrogen-bond acceptors (Lipinski definition) is 2. The van der Waals surface area contributed by atoms with Gasteiger partial charge in [0.15, 0.2) is 0 Å². The Kier molecular flexibility index (Phi) is 1.96. The minimum Gasteiger partial charge on any atom is -0.324 e. The largest absolute Gasteiger partial charge is 0.324 e. The Hall–Kier alpha value is -1.41. The highest BCUT2D eigenvalue weighted by Crippen LogP contribution is 2.32. The molecule has 2 N–H and O–H groups in total. The minimum absolute atomic E-state index is 0.169. The van der Waals surface area contributed by atoms with Crippen LogP contribution in [-0.2, 0) is 0 Å². The van der Waals surface area contributed by atoms with Gasteiger partial charge < -0.3 is 5.73 Å². The molecule has 1 aliphatic heterocycles. The molecule has 1 unspecified atom stereocenters. The van der Waals surface area contributed by atoms with Crippen LogP contribution in [0.2, 0.25) is 0 Å². The van der Waals surface area contributed by atoms with Crippen LogP contribution in [0.5, 0.6) is 0 Å². The highest BCUT2D eigenvalue weighted by atomic mass is 14.8. The van der Waals surface area contributed by atoms with Crippen molar-refractivity contribution in [3.05, 3.63) is 47.2 Å². The van der Waals surface area contributed by atoms with Gasteiger partial charge in [-0.1, -0.05) is 24.3 Å². The zero-order valence-electron chi connectivity index (χ0n) is 8.61. The number of fused-ring (bicyclic) bond motifs is 1. The SMILES string of the molecule is NC1CC=CC2=C1CC1=CC=CCC1=N2. The van der Waals surface area contributed by atoms with Crippen molar-refractivity contribution in [2.45, 2.75) is 25.3 Å². The smallest absolute Gasteiger partial charge is 0.0641 e. The Morgan fingerprint density at radius 2 is 2.27 bits per heavy atom. The van der Waals surface area contributed by atoms with Crippen molar-refractivity contribution in [1.29, 1.82) is 0 Å². The fourth-order valence-corrected chi connectivity index (χ4v) is 2.32. The van der Waals surface area contributed by atoms with Crippen LogP contribution < -0.4 is 5.73 Å². The Morgan fingerprint density at radius 3 is 3.20 bits per heavy atom. The molecule has 0 amide bonds. The number of nitrogens with two attached hydrogens (primary N) is 1. The second kappa shape index (κ2) is 3.31. The van der Waals surface area contributed by atoms with Crippen molar-refractivity contribution in [3.63, 3.8) is 0 Å². The van der Waals surface area contributed by atoms with Crippen molar-refractivity contribution in [2.75, 3.05) is 0 Å². The molecule has 0 aromatic heterocycles. The summed E-state index contributed by atoms with van der Waals surface area (Å²) in [4.78, 5) is 4.69. The van der Waals surface area contributed by atoms with Crippen molar-refractivity contribution in [3.8, 4) is 0 Å². The maximum absolute atomic E-state index is 6.09. The molecule has 2 aliphatic carbocycles. The van der Waals surface area contributed by atoms with Crippen LogP contribution in [0.15, 0.2) is 52.2 Å². The summed E-state index contributed by atoms with van der Waals surface area (Å²) >= 11 is 0. The van der Waals surface area contributed by atoms with Crippen molar-refractivity contribution < 1.29 is 0 Å². The monoisotopic (exact) mass is 198 g/mol. The first-order valence-corrected chi connectivity index (χ1v) is 5.43. The Morgan fingerprint density at radius 1 is 1.33 bits per heavy atom. The fraction of sp³-hybridized carbons (Fsp3) is 0.308. The lowest BCUT2D eigenvalue weighted by Gasteiger charge is -2.27. The Labute approximate surface area is 89.6 Å². The molecule has 0 bridgehead atoms. The molecular formula is C13H14N2. The molecule has 0 radical (unpaired) electrons. The Balaban J connectivity index is 2.05. The number of nitrogens with zero attached hydrogens (tertiary/aromatic N) is 1. The molecule has 1 atom stereocenters. The molecule has 2 nitrogen and oxygen atoms in total. The maximum atomic E-state index is 6.09. The van der Waals surface area contributed by atoms with E-state index >= 15 is 0 Å². The van der Waals surface area contributed by atoms with Crippen LogP contribution >= 0.6 is 0 Å². The van der Waals surface area contributed by atoms with Gasteiger partial charge in [-0.05, 0) is 30.1 Å². The second-order valence-electron chi connectivity index (χ2n) is 4.21. The highest BCUT2D eigenvalue weighted by Gasteiger charge is 2.23. The summed E-state index contributed by atoms with van der Waals surface area (Å²) in [6.07, 6.45) is 13.6. The van der Waals surface area contributed by atoms with Gasteiger partial charge in [0.2, 0.25) is 0 Å². The van der Waals surface area contributed by atoms with Crippen molar-refractivity contribution >= 4 is 5.71 Å². The first-order valence-electron chi connectivity index (χ1n) is 5.43. The van der Waals surface area contributed by atoms with E-state index in [-0.39, 0.29) is 6.04 Å². The normalized spacial score (nSPS) is 28.2. The first kappa shape index (κ1) is 8.86. The summed E-state index contributed by atoms with van der Waals surface area (Å²) in [7, 11) is 0. The number of rotatable bonds is 0. The molecule has 0 saturated carbocycles. The van der Waals surface area contributed by atoms with E-state index in [2.05, 4.69) is 35.4 Å². The summed E-state index contributed by atoms with van der Waals surface area (Å²) in [5.41, 5.74) is 11.1. The van der Waals surface area contributed by atoms with Gasteiger partial charge in [-0.15, -0.1) is 0 Å². The first-order chi connectivity index (χ1) is 7.34. The molecule has 0 aromatic carbocycles. The summed E-state index contributed by atoms with van der Waals surface area (Å²) in [5.74, 6) is 0. The lowest BCUT2D eigenvalue weighted by molar-refractivity contribution is 0.732. The predicted octanol–water partition coefficient (Wildman–Crippen LogP) is 2.26. The number of allylic oxidation sites excluding steroid dienone is 5. The third kappa shape index (κ3) is 1.41. The average Bonchev–Trinajstić information content (AvgIpc) is 2.27. The van der Waals surface area contributed by atoms with Crippen LogP contribution in [0.4, 0.5) is 0 Å². The molecule has 0 saturated heterocycles. The van der Waals surface area contributed by atoms with Crippen LogP contribution in [-0.4, -0.2) is 11.8 Å². The molecule has 0 spiro atoms. The molecule has 0 aromatic rings. The molecule has 76 valence electrons. The molecule has 0 fully saturated rings. The number of aliphatic imine (C=N–C) groups is 1. The van der Waals surface area contributed by atoms with E-state index in [1.807, 2.05) is 0 Å². The quantitative estimate of drug-likeness (QED) is 0.637. The molecule has 15 heavy (non-hydrogen) atoms. The van der Waals surface area contributed by atoms with Gasteiger partial charge in [-0.25, -0.2) is 0 Å². The van der Waals surface area contributed by atoms with E-state index in [4.69, 9.17) is 5.73 Å². The maximum Gasteiger partial charge on any atom is 0.0641 e. The lowest BCUT2D eigenvalue weighted by Crippen LogP contribution is -2.28. The Bertz CT molecular complexity index is 447. The van der Waals surface area contributed by atoms with Crippen molar-refractivity contribution in [1.82, 2.24) is 0 Å². The van der Waals surface area contributed by atoms with E-state index in [0.717, 1.165) is 25.0 Å². The molecule has 1 heterocycles. The number of hydrogen-bond donors (Lipinski definition) is 1. The zero-order valence-corrected chi connectivity index (χ0v) is 8.61. The van der Waals surface area contributed by atoms with Gasteiger partial charge in [-0.3, -0.25) is 4.99 Å². The van der Waals surface area contributed by atoms with Crippen LogP contribution in [0.1, 0.15) is 19.3 Å². The third-order valence-corrected chi connectivity index (χ3v) is 3.19. The van der Waals surface area contributed by atoms with Gasteiger partial charge in [0.25, 0.3) is 0 Å². The summed E-state index contributed by atoms with van der Waals surface area (Å²) in [6, 6.07) is 0.169. The second-order valence-corrected chi connectivity index (χ2v) is 4.21. The van der Waals surface area contributed by atoms with Crippen molar-refractivity contribution in [2.24, 2.45) is 10.7 Å². The molecule has 2 heteroatoms. The molecular weight excluding hydrogens is 184 g/mol. The van der Waals surface area contributed by atoms with Gasteiger partial charge >= 0.3 is 0 Å². The fourth-order valence-electron chi connectivity index (χ4n) is 2.32. The highest BCUT2D eigenvalue weighted by molar-refractivity contribution is 6.04. The van der Waals surface area contributed by atoms with E-state index < -0.39 is 0 Å². The average molecular weight is 198 g/mol. The predicted molar refractivity (Wildman–Crippen MR) is 62.7 cm³/mol. The van der Waals surface area contributed by atoms with Crippen LogP contribution in [0, 0.1) is 0 Å². The summed E-state index contributed by atoms with van der Waals surface area (Å²) < 4.78 is 0. The molecule has 3 aliphatic rings. The lowest BCUT2D eigenvalue weighted by atomic mass is 9.85. The standard InChI is InChI=1S/C13H14N2/c14-11-5-3-7-13-10(11)8-9-4-1-2-6-12(9)15-13/h1-4,7,11H,5-6,8,14H2. The zero-order chi connectivity index (χ0) is 10.3. The van der Waals surface area contributed by atoms with Gasteiger partial charge in [-0.2, -0.15) is 0 Å². The van der Waals surface area contributed by atoms with E-state index in [1.165, 1.54) is 16.9 Å². The van der Waals surface area contributed by atoms with Gasteiger partial charge in [0.05, 0.1) is 5.70 Å². The minimum atomic E-state index is 0.169. The summed E-state index contributed by atoms with van der Waals surface area (Å²) in [6.45, 7) is 0. The summed E-state index contributed by atoms with van der Waals surface area (Å²) in [5, 5.41) is 0. The van der Waals surface area contributed by atoms with E-state index in [1.54, 1.807) is 0 Å². The van der Waals surface area contributed by atoms with Crippen LogP contribution in [0.3, 0.4) is 0 Å². The van der Waals surface area contributed by atoms with Gasteiger partial charge in [0.1, 0.15) is 0 Å². The van der Waals surface area contributed by atoms with Crippen LogP contribution in [0.25, 0.3) is 0 Å². The van der Waals surface area contributed by atoms with Gasteiger partial charge in [0, 0.05) is 18.2 Å².